The van der Waals surface area contributed by atoms with Crippen molar-refractivity contribution in [1.82, 2.24) is 0 Å². The zero-order valence-corrected chi connectivity index (χ0v) is 36.1. The third-order valence-corrected chi connectivity index (χ3v) is 8.40. The number of carboxylic acids is 2. The average molecular weight is 783 g/mol. The second-order valence-corrected chi connectivity index (χ2v) is 12.4. The second kappa shape index (κ2) is 19.6. The first kappa shape index (κ1) is 45.2. The molecule has 1 aliphatic rings. The van der Waals surface area contributed by atoms with Gasteiger partial charge in [-0.3, -0.25) is 14.8 Å². The Morgan fingerprint density at radius 1 is 0.655 bits per heavy atom. The van der Waals surface area contributed by atoms with E-state index in [1.165, 1.54) is 36.4 Å². The van der Waals surface area contributed by atoms with Crippen LogP contribution in [0.2, 0.25) is 0 Å². The molecule has 0 atom stereocenters. The first-order valence-corrected chi connectivity index (χ1v) is 16.4. The van der Waals surface area contributed by atoms with Crippen LogP contribution < -0.4 is 109 Å². The minimum absolute atomic E-state index is 0. The topological polar surface area (TPSA) is 249 Å². The summed E-state index contributed by atoms with van der Waals surface area (Å²) in [6, 6.07) is 24.5. The van der Waals surface area contributed by atoms with E-state index in [0.717, 1.165) is 35.4 Å². The Morgan fingerprint density at radius 2 is 1.24 bits per heavy atom. The summed E-state index contributed by atoms with van der Waals surface area (Å²) in [6.45, 7) is 0. The van der Waals surface area contributed by atoms with Crippen molar-refractivity contribution in [2.24, 2.45) is 25.6 Å². The van der Waals surface area contributed by atoms with E-state index in [0.29, 0.717) is 22.4 Å². The number of hydrogen-bond acceptors (Lipinski definition) is 14. The maximum Gasteiger partial charge on any atom is 1.00 e. The third kappa shape index (κ3) is 11.2. The van der Waals surface area contributed by atoms with Crippen LogP contribution in [-0.4, -0.2) is 36.4 Å². The zero-order valence-electron chi connectivity index (χ0n) is 29.3. The predicted molar refractivity (Wildman–Crippen MR) is 183 cm³/mol. The Labute approximate surface area is 379 Å². The number of rotatable bonds is 10. The summed E-state index contributed by atoms with van der Waals surface area (Å²) in [6.07, 6.45) is 3.61. The third-order valence-electron chi connectivity index (χ3n) is 7.55. The van der Waals surface area contributed by atoms with Crippen molar-refractivity contribution in [2.75, 3.05) is 5.43 Å². The minimum Gasteiger partial charge on any atom is -0.872 e. The van der Waals surface area contributed by atoms with Gasteiger partial charge in [-0.1, -0.05) is 42.1 Å². The van der Waals surface area contributed by atoms with Crippen molar-refractivity contribution in [3.05, 3.63) is 126 Å². The molecular formula is C36H21N6Na3O9S. The van der Waals surface area contributed by atoms with Gasteiger partial charge < -0.3 is 24.9 Å². The quantitative estimate of drug-likeness (QED) is 0.0344. The molecule has 0 aliphatic heterocycles. The van der Waals surface area contributed by atoms with Crippen LogP contribution in [0.15, 0.2) is 151 Å². The van der Waals surface area contributed by atoms with E-state index in [-0.39, 0.29) is 111 Å². The Hall–Kier alpha value is -4.17. The number of carboxylic acid groups (broad SMARTS) is 2. The normalized spacial score (nSPS) is 13.2. The van der Waals surface area contributed by atoms with Gasteiger partial charge in [0.1, 0.15) is 0 Å². The number of fused-ring (bicyclic) bond motifs is 1. The molecule has 5 aromatic rings. The van der Waals surface area contributed by atoms with Gasteiger partial charge in [-0.25, -0.2) is 0 Å². The number of hydrazone groups is 1. The van der Waals surface area contributed by atoms with E-state index >= 15 is 0 Å². The number of nitrogens with one attached hydrogen (secondary N) is 1. The summed E-state index contributed by atoms with van der Waals surface area (Å²) in [5.41, 5.74) is 5.34. The van der Waals surface area contributed by atoms with Crippen molar-refractivity contribution in [2.45, 2.75) is 4.90 Å². The van der Waals surface area contributed by atoms with Gasteiger partial charge in [0.15, 0.2) is 5.78 Å². The molecule has 15 nitrogen and oxygen atoms in total. The molecule has 19 heteroatoms. The van der Waals surface area contributed by atoms with Gasteiger partial charge in [-0.2, -0.15) is 23.7 Å². The molecule has 6 rings (SSSR count). The maximum absolute atomic E-state index is 11.9. The molecule has 5 aromatic carbocycles. The molecule has 0 heterocycles. The van der Waals surface area contributed by atoms with Crippen LogP contribution in [0.4, 0.5) is 28.4 Å². The molecule has 1 aliphatic carbocycles. The number of aliphatic carboxylic acids is 1. The molecule has 0 aromatic heterocycles. The zero-order chi connectivity index (χ0) is 37.0. The van der Waals surface area contributed by atoms with Gasteiger partial charge in [0.05, 0.1) is 51.0 Å². The Kier molecular flexibility index (Phi) is 16.1. The smallest absolute Gasteiger partial charge is 0.872 e. The number of ketones is 1. The monoisotopic (exact) mass is 782 g/mol. The summed E-state index contributed by atoms with van der Waals surface area (Å²) >= 11 is 0. The molecular weight excluding hydrogens is 761 g/mol. The minimum atomic E-state index is -4.59. The fourth-order valence-corrected chi connectivity index (χ4v) is 5.43. The van der Waals surface area contributed by atoms with Gasteiger partial charge in [-0.05, 0) is 95.6 Å². The maximum atomic E-state index is 11.9. The summed E-state index contributed by atoms with van der Waals surface area (Å²) < 4.78 is 33.4. The molecule has 258 valence electrons. The first-order valence-electron chi connectivity index (χ1n) is 15.0. The number of aromatic carboxylic acids is 1. The van der Waals surface area contributed by atoms with Gasteiger partial charge >= 0.3 is 88.7 Å². The molecule has 0 bridgehead atoms. The summed E-state index contributed by atoms with van der Waals surface area (Å²) in [5, 5.41) is 55.6. The number of hydrogen-bond donors (Lipinski definition) is 2. The summed E-state index contributed by atoms with van der Waals surface area (Å²) in [4.78, 5) is 33.5. The van der Waals surface area contributed by atoms with Crippen molar-refractivity contribution >= 4 is 72.8 Å². The van der Waals surface area contributed by atoms with Crippen LogP contribution in [0, 0.1) is 0 Å². The molecule has 55 heavy (non-hydrogen) atoms. The van der Waals surface area contributed by atoms with Crippen molar-refractivity contribution in [3.63, 3.8) is 0 Å². The molecule has 0 fully saturated rings. The first-order chi connectivity index (χ1) is 24.9. The number of carbonyl (C=O) groups is 3. The number of carbonyl (C=O) groups excluding carboxylic acids is 3. The fraction of sp³-hybridized carbons (Fsp3) is 0. The summed E-state index contributed by atoms with van der Waals surface area (Å²) in [5.74, 6) is -4.68. The van der Waals surface area contributed by atoms with Crippen LogP contribution >= 0.6 is 0 Å². The number of anilines is 1. The number of benzene rings is 5. The fourth-order valence-electron chi connectivity index (χ4n) is 4.93. The molecule has 0 spiro atoms. The standard InChI is InChI=1S/C36H24N6O9S.3Na/c43-33-15-9-24(17-29(33)35(45)46)39-37-22-5-1-20(2-6-22)21-3-7-23(8-4-21)38-41-31-13-14-32(28-19-26(52(49,50)51)11-12-27(28)31)42-40-25-10-16-34(44)30(18-25)36(47)48;;;/h1-19,37,44H,(H,45,46)(H,47,48)(H,49,50,51);;;/q;3*+1/p-3. The van der Waals surface area contributed by atoms with Crippen molar-refractivity contribution in [1.29, 1.82) is 0 Å². The Bertz CT molecular complexity index is 2560. The molecule has 0 radical (unpaired) electrons. The molecule has 0 saturated heterocycles. The van der Waals surface area contributed by atoms with E-state index in [4.69, 9.17) is 0 Å². The number of nitrogens with zero attached hydrogens (tertiary/aromatic N) is 5. The van der Waals surface area contributed by atoms with Crippen LogP contribution in [0.25, 0.3) is 21.9 Å². The number of allylic oxidation sites excluding steroid dienone is 3. The van der Waals surface area contributed by atoms with Crippen molar-refractivity contribution in [3.8, 4) is 16.9 Å². The van der Waals surface area contributed by atoms with E-state index < -0.39 is 49.6 Å². The van der Waals surface area contributed by atoms with Crippen LogP contribution in [0.3, 0.4) is 0 Å². The van der Waals surface area contributed by atoms with Crippen LogP contribution in [0.5, 0.6) is 5.75 Å². The molecule has 0 saturated carbocycles. The van der Waals surface area contributed by atoms with Gasteiger partial charge in [0.2, 0.25) is 0 Å². The van der Waals surface area contributed by atoms with Gasteiger partial charge in [-0.15, -0.1) is 10.2 Å². The van der Waals surface area contributed by atoms with E-state index in [9.17, 15) is 42.7 Å². The van der Waals surface area contributed by atoms with Gasteiger partial charge in [0, 0.05) is 16.3 Å². The van der Waals surface area contributed by atoms with Crippen LogP contribution in [0.1, 0.15) is 10.4 Å². The molecule has 0 amide bonds. The number of azo groups is 2. The van der Waals surface area contributed by atoms with Gasteiger partial charge in [0.25, 0.3) is 10.1 Å². The van der Waals surface area contributed by atoms with E-state index in [1.807, 2.05) is 24.3 Å². The van der Waals surface area contributed by atoms with E-state index in [2.05, 4.69) is 31.0 Å². The molecule has 0 unspecified atom stereocenters. The van der Waals surface area contributed by atoms with E-state index in [1.54, 1.807) is 30.3 Å². The average Bonchev–Trinajstić information content (AvgIpc) is 3.13. The second-order valence-electron chi connectivity index (χ2n) is 11.0. The predicted octanol–water partition coefficient (Wildman–Crippen LogP) is -4.38. The largest absolute Gasteiger partial charge is 1.00 e. The Morgan fingerprint density at radius 3 is 1.84 bits per heavy atom. The Balaban J connectivity index is 0.00000271. The molecule has 2 N–H and O–H groups in total. The van der Waals surface area contributed by atoms with Crippen molar-refractivity contribution < 1.29 is 131 Å². The summed E-state index contributed by atoms with van der Waals surface area (Å²) in [7, 11) is -4.59. The van der Waals surface area contributed by atoms with Crippen LogP contribution in [-0.2, 0) is 19.7 Å². The SMILES string of the molecule is O=C([O-])C1=CC(=NNc2ccc(-c3ccc(N=Nc4ccc(N=Nc5ccc([O-])c(C(=O)[O-])c5)c5cc(S(=O)(=O)O)ccc45)cc3)cc2)C=CC1=O.[Na+].[Na+].[Na+].